The molecule has 0 unspecified atom stereocenters. The summed E-state index contributed by atoms with van der Waals surface area (Å²) >= 11 is 1.54. The molecule has 0 fully saturated rings. The molecular weight excluding hydrogens is 248 g/mol. The number of hydrogen-bond acceptors (Lipinski definition) is 4. The van der Waals surface area contributed by atoms with E-state index in [2.05, 4.69) is 10.3 Å². The van der Waals surface area contributed by atoms with Crippen LogP contribution >= 0.6 is 11.8 Å². The average molecular weight is 262 g/mol. The Balaban J connectivity index is 2.67. The number of aryl methyl sites for hydroxylation is 1. The first-order valence-electron chi connectivity index (χ1n) is 5.35. The summed E-state index contributed by atoms with van der Waals surface area (Å²) < 4.78 is 1.72. The maximum atomic E-state index is 8.91. The molecule has 0 aliphatic heterocycles. The van der Waals surface area contributed by atoms with Crippen molar-refractivity contribution in [1.82, 2.24) is 9.78 Å². The molecule has 1 heterocycles. The van der Waals surface area contributed by atoms with Crippen molar-refractivity contribution in [3.05, 3.63) is 41.7 Å². The second kappa shape index (κ2) is 5.14. The average Bonchev–Trinajstić information content (AvgIpc) is 2.83. The molecule has 0 aliphatic rings. The number of nitrogens with zero attached hydrogens (tertiary/aromatic N) is 3. The molecule has 3 N–H and O–H groups in total. The molecule has 6 heteroatoms. The van der Waals surface area contributed by atoms with Crippen molar-refractivity contribution in [2.75, 3.05) is 6.26 Å². The number of benzene rings is 1. The number of thioether (sulfide) groups is 1. The third-order valence-corrected chi connectivity index (χ3v) is 3.34. The summed E-state index contributed by atoms with van der Waals surface area (Å²) in [4.78, 5) is 0.941. The van der Waals surface area contributed by atoms with Gasteiger partial charge >= 0.3 is 0 Å². The zero-order valence-corrected chi connectivity index (χ0v) is 11.0. The van der Waals surface area contributed by atoms with Gasteiger partial charge in [-0.1, -0.05) is 11.2 Å². The van der Waals surface area contributed by atoms with Gasteiger partial charge in [-0.3, -0.25) is 0 Å². The Labute approximate surface area is 109 Å². The largest absolute Gasteiger partial charge is 0.409 e. The summed E-state index contributed by atoms with van der Waals surface area (Å²) in [5.41, 5.74) is 8.16. The fraction of sp³-hybridized carbons (Fsp3) is 0.167. The molecular formula is C12H14N4OS. The van der Waals surface area contributed by atoms with Crippen LogP contribution in [0.1, 0.15) is 11.3 Å². The van der Waals surface area contributed by atoms with Crippen molar-refractivity contribution in [3.63, 3.8) is 0 Å². The van der Waals surface area contributed by atoms with Gasteiger partial charge in [0.05, 0.1) is 16.9 Å². The highest BCUT2D eigenvalue weighted by molar-refractivity contribution is 7.98. The summed E-state index contributed by atoms with van der Waals surface area (Å²) in [5.74, 6) is 0.0862. The second-order valence-corrected chi connectivity index (χ2v) is 4.59. The predicted octanol–water partition coefficient (Wildman–Crippen LogP) is 2.00. The fourth-order valence-corrected chi connectivity index (χ4v) is 2.37. The van der Waals surface area contributed by atoms with Gasteiger partial charge in [-0.25, -0.2) is 4.68 Å². The summed E-state index contributed by atoms with van der Waals surface area (Å²) in [6.45, 7) is 1.91. The highest BCUT2D eigenvalue weighted by Crippen LogP contribution is 2.25. The summed E-state index contributed by atoms with van der Waals surface area (Å²) in [5, 5.41) is 16.4. The zero-order chi connectivity index (χ0) is 13.1. The molecule has 1 aromatic carbocycles. The quantitative estimate of drug-likeness (QED) is 0.291. The Hall–Kier alpha value is -1.95. The van der Waals surface area contributed by atoms with Crippen LogP contribution in [0.15, 0.2) is 40.5 Å². The topological polar surface area (TPSA) is 76.4 Å². The number of nitrogens with two attached hydrogens (primary N) is 1. The predicted molar refractivity (Wildman–Crippen MR) is 72.6 cm³/mol. The van der Waals surface area contributed by atoms with Gasteiger partial charge in [0.1, 0.15) is 0 Å². The lowest BCUT2D eigenvalue weighted by Crippen LogP contribution is -2.17. The standard InChI is InChI=1S/C12H14N4OS/c1-8-6-7-16(14-8)9-4-3-5-10(18-2)11(9)12(13)15-17/h3-7,17H,1-2H3,(H2,13,15). The van der Waals surface area contributed by atoms with Crippen LogP contribution in [0.3, 0.4) is 0 Å². The van der Waals surface area contributed by atoms with Gasteiger partial charge in [-0.05, 0) is 31.4 Å². The van der Waals surface area contributed by atoms with Crippen molar-refractivity contribution in [2.45, 2.75) is 11.8 Å². The summed E-state index contributed by atoms with van der Waals surface area (Å²) in [6, 6.07) is 7.64. The first kappa shape index (κ1) is 12.5. The Kier molecular flexibility index (Phi) is 3.57. The lowest BCUT2D eigenvalue weighted by atomic mass is 10.1. The fourth-order valence-electron chi connectivity index (χ4n) is 1.74. The van der Waals surface area contributed by atoms with Crippen LogP contribution in [0.25, 0.3) is 5.69 Å². The van der Waals surface area contributed by atoms with E-state index < -0.39 is 0 Å². The van der Waals surface area contributed by atoms with E-state index >= 15 is 0 Å². The Bertz CT molecular complexity index is 592. The summed E-state index contributed by atoms with van der Waals surface area (Å²) in [6.07, 6.45) is 3.80. The lowest BCUT2D eigenvalue weighted by molar-refractivity contribution is 0.318. The van der Waals surface area contributed by atoms with Crippen LogP contribution in [0, 0.1) is 6.92 Å². The number of aromatic nitrogens is 2. The van der Waals surface area contributed by atoms with E-state index in [-0.39, 0.29) is 5.84 Å². The van der Waals surface area contributed by atoms with Crippen LogP contribution in [0.5, 0.6) is 0 Å². The number of amidine groups is 1. The molecule has 5 nitrogen and oxygen atoms in total. The minimum atomic E-state index is 0.0862. The number of oxime groups is 1. The van der Waals surface area contributed by atoms with Crippen molar-refractivity contribution < 1.29 is 5.21 Å². The Morgan fingerprint density at radius 2 is 2.22 bits per heavy atom. The molecule has 0 saturated heterocycles. The SMILES string of the molecule is CSc1cccc(-n2ccc(C)n2)c1/C(N)=N/O. The van der Waals surface area contributed by atoms with E-state index in [4.69, 9.17) is 10.9 Å². The molecule has 0 radical (unpaired) electrons. The third kappa shape index (κ3) is 2.19. The van der Waals surface area contributed by atoms with E-state index in [1.54, 1.807) is 16.4 Å². The van der Waals surface area contributed by atoms with E-state index in [0.717, 1.165) is 16.3 Å². The number of hydrogen-bond donors (Lipinski definition) is 2. The molecule has 0 aliphatic carbocycles. The van der Waals surface area contributed by atoms with Crippen molar-refractivity contribution in [2.24, 2.45) is 10.9 Å². The second-order valence-electron chi connectivity index (χ2n) is 3.74. The molecule has 94 valence electrons. The molecule has 1 aromatic heterocycles. The van der Waals surface area contributed by atoms with Crippen molar-refractivity contribution in [3.8, 4) is 5.69 Å². The summed E-state index contributed by atoms with van der Waals surface area (Å²) in [7, 11) is 0. The van der Waals surface area contributed by atoms with E-state index in [1.165, 1.54) is 0 Å². The highest BCUT2D eigenvalue weighted by atomic mass is 32.2. The first-order chi connectivity index (χ1) is 8.67. The van der Waals surface area contributed by atoms with Crippen LogP contribution in [-0.2, 0) is 0 Å². The zero-order valence-electron chi connectivity index (χ0n) is 10.2. The van der Waals surface area contributed by atoms with E-state index in [0.29, 0.717) is 5.56 Å². The van der Waals surface area contributed by atoms with Gasteiger partial charge in [0.15, 0.2) is 5.84 Å². The van der Waals surface area contributed by atoms with Crippen LogP contribution in [0.4, 0.5) is 0 Å². The van der Waals surface area contributed by atoms with Gasteiger partial charge in [0, 0.05) is 11.1 Å². The highest BCUT2D eigenvalue weighted by Gasteiger charge is 2.14. The van der Waals surface area contributed by atoms with E-state index in [1.807, 2.05) is 43.6 Å². The Morgan fingerprint density at radius 1 is 1.44 bits per heavy atom. The molecule has 2 aromatic rings. The van der Waals surface area contributed by atoms with Crippen LogP contribution in [0.2, 0.25) is 0 Å². The van der Waals surface area contributed by atoms with Gasteiger partial charge in [-0.15, -0.1) is 11.8 Å². The molecule has 0 spiro atoms. The molecule has 18 heavy (non-hydrogen) atoms. The molecule has 0 atom stereocenters. The first-order valence-corrected chi connectivity index (χ1v) is 6.57. The van der Waals surface area contributed by atoms with Crippen LogP contribution in [-0.4, -0.2) is 27.1 Å². The smallest absolute Gasteiger partial charge is 0.173 e. The lowest BCUT2D eigenvalue weighted by Gasteiger charge is -2.12. The van der Waals surface area contributed by atoms with Gasteiger partial charge in [0.2, 0.25) is 0 Å². The molecule has 0 bridgehead atoms. The van der Waals surface area contributed by atoms with Crippen molar-refractivity contribution >= 4 is 17.6 Å². The van der Waals surface area contributed by atoms with E-state index in [9.17, 15) is 0 Å². The number of rotatable bonds is 3. The maximum absolute atomic E-state index is 8.91. The van der Waals surface area contributed by atoms with Crippen molar-refractivity contribution in [1.29, 1.82) is 0 Å². The van der Waals surface area contributed by atoms with Crippen LogP contribution < -0.4 is 5.73 Å². The normalized spacial score (nSPS) is 11.8. The molecule has 0 saturated carbocycles. The molecule has 0 amide bonds. The van der Waals surface area contributed by atoms with Gasteiger partial charge in [-0.2, -0.15) is 5.10 Å². The van der Waals surface area contributed by atoms with Gasteiger partial charge < -0.3 is 10.9 Å². The maximum Gasteiger partial charge on any atom is 0.173 e. The molecule has 2 rings (SSSR count). The minimum absolute atomic E-state index is 0.0862. The Morgan fingerprint density at radius 3 is 2.78 bits per heavy atom. The third-order valence-electron chi connectivity index (χ3n) is 2.56. The monoisotopic (exact) mass is 262 g/mol. The minimum Gasteiger partial charge on any atom is -0.409 e. The van der Waals surface area contributed by atoms with Gasteiger partial charge in [0.25, 0.3) is 0 Å².